The summed E-state index contributed by atoms with van der Waals surface area (Å²) in [6.07, 6.45) is -1.61. The third-order valence-electron chi connectivity index (χ3n) is 8.46. The van der Waals surface area contributed by atoms with Crippen LogP contribution in [0.4, 0.5) is 18.9 Å². The van der Waals surface area contributed by atoms with Gasteiger partial charge >= 0.3 is 6.18 Å². The molecule has 3 aromatic rings. The predicted octanol–water partition coefficient (Wildman–Crippen LogP) is 4.57. The molecule has 0 bridgehead atoms. The molecule has 1 saturated heterocycles. The van der Waals surface area contributed by atoms with Gasteiger partial charge in [-0.15, -0.1) is 0 Å². The minimum absolute atomic E-state index is 0.00132. The van der Waals surface area contributed by atoms with Crippen molar-refractivity contribution in [1.29, 1.82) is 0 Å². The first kappa shape index (κ1) is 26.4. The minimum Gasteiger partial charge on any atom is -0.492 e. The molecule has 2 aromatic carbocycles. The molecule has 12 heteroatoms. The number of ether oxygens (including phenoxy) is 1. The summed E-state index contributed by atoms with van der Waals surface area (Å²) >= 11 is 0. The molecule has 1 spiro atoms. The van der Waals surface area contributed by atoms with Crippen molar-refractivity contribution in [3.8, 4) is 5.75 Å². The van der Waals surface area contributed by atoms with E-state index < -0.39 is 32.1 Å². The lowest BCUT2D eigenvalue weighted by Gasteiger charge is -2.41. The van der Waals surface area contributed by atoms with E-state index >= 15 is 0 Å². The molecule has 1 aromatic heterocycles. The molecule has 2 aliphatic heterocycles. The lowest BCUT2D eigenvalue weighted by molar-refractivity contribution is -0.136. The highest BCUT2D eigenvalue weighted by atomic mass is 32.2. The summed E-state index contributed by atoms with van der Waals surface area (Å²) in [4.78, 5) is 6.29. The Morgan fingerprint density at radius 2 is 1.90 bits per heavy atom. The van der Waals surface area contributed by atoms with Crippen molar-refractivity contribution < 1.29 is 31.4 Å². The average molecular weight is 565 g/mol. The number of hydrogen-bond donors (Lipinski definition) is 2. The number of nitrogens with one attached hydrogen (secondary N) is 1. The molecule has 0 atom stereocenters. The molecular formula is C27H31F3N4O4S. The predicted molar refractivity (Wildman–Crippen MR) is 140 cm³/mol. The third kappa shape index (κ3) is 4.46. The van der Waals surface area contributed by atoms with Crippen LogP contribution in [-0.2, 0) is 20.9 Å². The van der Waals surface area contributed by atoms with Crippen molar-refractivity contribution in [3.63, 3.8) is 0 Å². The second-order valence-corrected chi connectivity index (χ2v) is 13.4. The number of imidazole rings is 1. The molecule has 0 amide bonds. The van der Waals surface area contributed by atoms with Crippen LogP contribution < -0.4 is 9.46 Å². The Morgan fingerprint density at radius 1 is 1.18 bits per heavy atom. The summed E-state index contributed by atoms with van der Waals surface area (Å²) in [5, 5.41) is 10.1. The molecule has 6 rings (SSSR count). The van der Waals surface area contributed by atoms with Gasteiger partial charge in [0, 0.05) is 31.7 Å². The van der Waals surface area contributed by atoms with E-state index in [4.69, 9.17) is 4.74 Å². The third-order valence-corrected chi connectivity index (χ3v) is 10.6. The molecule has 210 valence electrons. The molecule has 39 heavy (non-hydrogen) atoms. The van der Waals surface area contributed by atoms with Crippen LogP contribution in [0.3, 0.4) is 0 Å². The summed E-state index contributed by atoms with van der Waals surface area (Å²) < 4.78 is 77.3. The van der Waals surface area contributed by atoms with Gasteiger partial charge in [0.2, 0.25) is 10.0 Å². The van der Waals surface area contributed by atoms with Gasteiger partial charge in [0.05, 0.1) is 34.2 Å². The van der Waals surface area contributed by atoms with Gasteiger partial charge in [0.1, 0.15) is 17.1 Å². The van der Waals surface area contributed by atoms with Crippen molar-refractivity contribution in [2.45, 2.75) is 62.1 Å². The van der Waals surface area contributed by atoms with Crippen LogP contribution in [0.2, 0.25) is 0 Å². The van der Waals surface area contributed by atoms with Crippen LogP contribution >= 0.6 is 0 Å². The Labute approximate surface area is 224 Å². The quantitative estimate of drug-likeness (QED) is 0.471. The van der Waals surface area contributed by atoms with Crippen molar-refractivity contribution in [1.82, 2.24) is 14.5 Å². The topological polar surface area (TPSA) is 96.7 Å². The number of sulfonamides is 1. The standard InChI is InChI=1S/C27H31F3N4O4S/c1-17-3-4-22-20(11-17)26(39(36,37)32-22)5-7-33(8-6-26)9-10-38-19-12-21(27(28,29)30)24-23(13-19)31-16-34(24)18-14-25(2,35)15-18/h3-4,11-13,16,18,32,35H,5-10,14-15H2,1-2H3. The molecule has 1 aliphatic carbocycles. The van der Waals surface area contributed by atoms with E-state index in [1.165, 1.54) is 17.0 Å². The Hall–Kier alpha value is -2.83. The van der Waals surface area contributed by atoms with E-state index in [1.807, 2.05) is 25.1 Å². The molecule has 0 radical (unpaired) electrons. The van der Waals surface area contributed by atoms with Crippen LogP contribution in [0, 0.1) is 6.92 Å². The van der Waals surface area contributed by atoms with Crippen LogP contribution in [0.1, 0.15) is 55.3 Å². The van der Waals surface area contributed by atoms with Gasteiger partial charge in [-0.3, -0.25) is 9.62 Å². The number of aromatic nitrogens is 2. The van der Waals surface area contributed by atoms with Gasteiger partial charge in [-0.25, -0.2) is 13.4 Å². The lowest BCUT2D eigenvalue weighted by Crippen LogP contribution is -2.47. The van der Waals surface area contributed by atoms with Crippen molar-refractivity contribution >= 4 is 26.7 Å². The number of benzene rings is 2. The number of hydrogen-bond acceptors (Lipinski definition) is 6. The van der Waals surface area contributed by atoms with Gasteiger partial charge in [-0.2, -0.15) is 13.2 Å². The second kappa shape index (κ2) is 8.84. The van der Waals surface area contributed by atoms with Gasteiger partial charge in [-0.05, 0) is 57.2 Å². The SMILES string of the molecule is Cc1ccc2c(c1)C1(CCN(CCOc3cc(C(F)(F)F)c4c(c3)ncn4C3CC(C)(O)C3)CC1)S(=O)(=O)N2. The monoisotopic (exact) mass is 564 g/mol. The number of rotatable bonds is 5. The molecule has 2 fully saturated rings. The summed E-state index contributed by atoms with van der Waals surface area (Å²) in [5.74, 6) is 0.0844. The molecule has 1 saturated carbocycles. The van der Waals surface area contributed by atoms with Gasteiger partial charge in [-0.1, -0.05) is 17.7 Å². The number of piperidine rings is 1. The van der Waals surface area contributed by atoms with Crippen LogP contribution in [0.25, 0.3) is 11.0 Å². The fraction of sp³-hybridized carbons (Fsp3) is 0.519. The first-order valence-corrected chi connectivity index (χ1v) is 14.6. The fourth-order valence-corrected chi connectivity index (χ4v) is 8.19. The number of anilines is 1. The van der Waals surface area contributed by atoms with Crippen molar-refractivity contribution in [2.75, 3.05) is 31.0 Å². The number of alkyl halides is 3. The Morgan fingerprint density at radius 3 is 2.56 bits per heavy atom. The van der Waals surface area contributed by atoms with E-state index in [9.17, 15) is 26.7 Å². The van der Waals surface area contributed by atoms with E-state index in [0.717, 1.165) is 17.2 Å². The summed E-state index contributed by atoms with van der Waals surface area (Å²) in [6, 6.07) is 7.92. The lowest BCUT2D eigenvalue weighted by atomic mass is 9.77. The average Bonchev–Trinajstić information content (AvgIpc) is 3.34. The van der Waals surface area contributed by atoms with Crippen LogP contribution in [0.15, 0.2) is 36.7 Å². The highest BCUT2D eigenvalue weighted by Crippen LogP contribution is 2.49. The van der Waals surface area contributed by atoms with Crippen LogP contribution in [-0.4, -0.2) is 59.8 Å². The van der Waals surface area contributed by atoms with Gasteiger partial charge in [0.15, 0.2) is 0 Å². The first-order chi connectivity index (χ1) is 18.3. The Kier molecular flexibility index (Phi) is 5.98. The van der Waals surface area contributed by atoms with Crippen molar-refractivity contribution in [3.05, 3.63) is 53.3 Å². The van der Waals surface area contributed by atoms with E-state index in [1.54, 1.807) is 6.92 Å². The Balaban J connectivity index is 1.14. The molecule has 2 N–H and O–H groups in total. The zero-order valence-corrected chi connectivity index (χ0v) is 22.6. The second-order valence-electron chi connectivity index (χ2n) is 11.4. The maximum Gasteiger partial charge on any atom is 0.418 e. The Bertz CT molecular complexity index is 1530. The molecule has 0 unspecified atom stereocenters. The number of nitrogens with zero attached hydrogens (tertiary/aromatic N) is 3. The fourth-order valence-electron chi connectivity index (χ4n) is 6.35. The number of halogens is 3. The molecular weight excluding hydrogens is 533 g/mol. The smallest absolute Gasteiger partial charge is 0.418 e. The summed E-state index contributed by atoms with van der Waals surface area (Å²) in [6.45, 7) is 5.28. The summed E-state index contributed by atoms with van der Waals surface area (Å²) in [7, 11) is -3.56. The van der Waals surface area contributed by atoms with E-state index in [2.05, 4.69) is 14.6 Å². The maximum absolute atomic E-state index is 14.0. The first-order valence-electron chi connectivity index (χ1n) is 13.1. The number of aliphatic hydroxyl groups is 1. The molecule has 8 nitrogen and oxygen atoms in total. The zero-order valence-electron chi connectivity index (χ0n) is 21.8. The maximum atomic E-state index is 14.0. The highest BCUT2D eigenvalue weighted by Gasteiger charge is 2.53. The molecule has 3 aliphatic rings. The normalized spacial score (nSPS) is 25.8. The largest absolute Gasteiger partial charge is 0.492 e. The van der Waals surface area contributed by atoms with E-state index in [-0.39, 0.29) is 29.4 Å². The number of likely N-dealkylation sites (tertiary alicyclic amines) is 1. The van der Waals surface area contributed by atoms with Crippen molar-refractivity contribution in [2.24, 2.45) is 0 Å². The van der Waals surface area contributed by atoms with Crippen LogP contribution in [0.5, 0.6) is 5.75 Å². The van der Waals surface area contributed by atoms with Gasteiger partial charge in [0.25, 0.3) is 0 Å². The highest BCUT2D eigenvalue weighted by molar-refractivity contribution is 7.94. The summed E-state index contributed by atoms with van der Waals surface area (Å²) in [5.41, 5.74) is 0.958. The van der Waals surface area contributed by atoms with Gasteiger partial charge < -0.3 is 14.4 Å². The minimum atomic E-state index is -4.60. The number of fused-ring (bicyclic) bond motifs is 3. The zero-order chi connectivity index (χ0) is 27.8. The molecule has 3 heterocycles. The van der Waals surface area contributed by atoms with E-state index in [0.29, 0.717) is 51.0 Å². The number of aryl methyl sites for hydroxylation is 1.